The molecule has 0 aromatic rings. The van der Waals surface area contributed by atoms with Gasteiger partial charge in [0, 0.05) is 16.0 Å². The summed E-state index contributed by atoms with van der Waals surface area (Å²) in [6.45, 7) is 3.90. The molecular formula is C5H13NOS. The zero-order chi connectivity index (χ0) is 6.57. The number of rotatable bonds is 3. The van der Waals surface area contributed by atoms with E-state index in [1.165, 1.54) is 0 Å². The Kier molecular flexibility index (Phi) is 4.09. The van der Waals surface area contributed by atoms with E-state index < -0.39 is 10.8 Å². The van der Waals surface area contributed by atoms with Crippen LogP contribution in [0.15, 0.2) is 0 Å². The Morgan fingerprint density at radius 1 is 1.62 bits per heavy atom. The molecule has 1 unspecified atom stereocenters. The Morgan fingerprint density at radius 3 is 2.25 bits per heavy atom. The monoisotopic (exact) mass is 135 g/mol. The van der Waals surface area contributed by atoms with Crippen LogP contribution in [0.2, 0.25) is 0 Å². The average molecular weight is 135 g/mol. The Balaban J connectivity index is 3.33. The summed E-state index contributed by atoms with van der Waals surface area (Å²) in [7, 11) is 1.12. The minimum absolute atomic E-state index is 0.280. The summed E-state index contributed by atoms with van der Waals surface area (Å²) in [6, 6.07) is 0. The molecule has 0 aliphatic heterocycles. The van der Waals surface area contributed by atoms with Crippen LogP contribution in [0.25, 0.3) is 0 Å². The van der Waals surface area contributed by atoms with Gasteiger partial charge in [-0.25, -0.2) is 0 Å². The summed E-state index contributed by atoms with van der Waals surface area (Å²) in [6.07, 6.45) is 0. The molecule has 0 amide bonds. The van der Waals surface area contributed by atoms with Gasteiger partial charge in [-0.2, -0.15) is 0 Å². The van der Waals surface area contributed by atoms with Gasteiger partial charge in [0.25, 0.3) is 0 Å². The van der Waals surface area contributed by atoms with Crippen molar-refractivity contribution in [2.75, 3.05) is 12.9 Å². The van der Waals surface area contributed by atoms with Crippen molar-refractivity contribution in [3.05, 3.63) is 0 Å². The second-order valence-electron chi connectivity index (χ2n) is 1.93. The second-order valence-corrected chi connectivity index (χ2v) is 3.92. The third-order valence-electron chi connectivity index (χ3n) is 0.812. The first-order chi connectivity index (χ1) is 3.68. The van der Waals surface area contributed by atoms with Crippen LogP contribution in [0.3, 0.4) is 0 Å². The quantitative estimate of drug-likeness (QED) is 0.604. The van der Waals surface area contributed by atoms with Crippen molar-refractivity contribution in [3.8, 4) is 0 Å². The first-order valence-corrected chi connectivity index (χ1v) is 4.08. The maximum absolute atomic E-state index is 10.8. The lowest BCUT2D eigenvalue weighted by atomic mass is 10.6. The molecule has 0 aliphatic rings. The molecule has 1 N–H and O–H groups in total. The molecule has 3 heteroatoms. The molecule has 0 bridgehead atoms. The maximum Gasteiger partial charge on any atom is 0.0722 e. The average Bonchev–Trinajstić information content (AvgIpc) is 1.67. The van der Waals surface area contributed by atoms with E-state index in [4.69, 9.17) is 0 Å². The lowest BCUT2D eigenvalue weighted by molar-refractivity contribution is 0.672. The van der Waals surface area contributed by atoms with Crippen LogP contribution >= 0.6 is 0 Å². The molecular weight excluding hydrogens is 122 g/mol. The van der Waals surface area contributed by atoms with Gasteiger partial charge in [0.05, 0.1) is 5.88 Å². The zero-order valence-corrected chi connectivity index (χ0v) is 6.42. The molecule has 1 atom stereocenters. The minimum atomic E-state index is -0.683. The highest BCUT2D eigenvalue weighted by Crippen LogP contribution is 1.89. The highest BCUT2D eigenvalue weighted by Gasteiger charge is 2.00. The van der Waals surface area contributed by atoms with E-state index in [2.05, 4.69) is 5.32 Å². The highest BCUT2D eigenvalue weighted by atomic mass is 32.2. The fraction of sp³-hybridized carbons (Fsp3) is 1.00. The maximum atomic E-state index is 10.8. The SMILES string of the molecule is CNCS(=O)C(C)C. The van der Waals surface area contributed by atoms with Crippen LogP contribution in [0.1, 0.15) is 13.8 Å². The standard InChI is InChI=1S/C5H13NOS/c1-5(2)8(7)4-6-3/h5-6H,4H2,1-3H3. The van der Waals surface area contributed by atoms with Gasteiger partial charge in [0.15, 0.2) is 0 Å². The van der Waals surface area contributed by atoms with Gasteiger partial charge in [0.2, 0.25) is 0 Å². The lowest BCUT2D eigenvalue weighted by Gasteiger charge is -2.01. The minimum Gasteiger partial charge on any atom is -0.309 e. The van der Waals surface area contributed by atoms with Crippen LogP contribution < -0.4 is 5.32 Å². The van der Waals surface area contributed by atoms with E-state index in [-0.39, 0.29) is 5.25 Å². The molecule has 0 aromatic carbocycles. The van der Waals surface area contributed by atoms with Crippen LogP contribution in [-0.2, 0) is 10.8 Å². The van der Waals surface area contributed by atoms with E-state index in [0.29, 0.717) is 5.88 Å². The van der Waals surface area contributed by atoms with Crippen molar-refractivity contribution in [2.45, 2.75) is 19.1 Å². The highest BCUT2D eigenvalue weighted by molar-refractivity contribution is 7.85. The van der Waals surface area contributed by atoms with Gasteiger partial charge < -0.3 is 5.32 Å². The van der Waals surface area contributed by atoms with Gasteiger partial charge in [-0.1, -0.05) is 13.8 Å². The predicted octanol–water partition coefficient (Wildman–Crippen LogP) is 0.320. The predicted molar refractivity (Wildman–Crippen MR) is 37.2 cm³/mol. The van der Waals surface area contributed by atoms with Crippen molar-refractivity contribution in [2.24, 2.45) is 0 Å². The normalized spacial score (nSPS) is 14.5. The van der Waals surface area contributed by atoms with Crippen LogP contribution in [-0.4, -0.2) is 22.4 Å². The van der Waals surface area contributed by atoms with Crippen LogP contribution in [0.5, 0.6) is 0 Å². The van der Waals surface area contributed by atoms with Gasteiger partial charge >= 0.3 is 0 Å². The van der Waals surface area contributed by atoms with Crippen molar-refractivity contribution in [1.29, 1.82) is 0 Å². The Labute approximate surface area is 53.1 Å². The fourth-order valence-corrected chi connectivity index (χ4v) is 0.927. The lowest BCUT2D eigenvalue weighted by Crippen LogP contribution is -2.19. The molecule has 0 aromatic heterocycles. The van der Waals surface area contributed by atoms with E-state index in [9.17, 15) is 4.21 Å². The molecule has 0 saturated carbocycles. The van der Waals surface area contributed by atoms with Crippen molar-refractivity contribution >= 4 is 10.8 Å². The molecule has 0 radical (unpaired) electrons. The summed E-state index contributed by atoms with van der Waals surface area (Å²) in [5.74, 6) is 0.609. The molecule has 0 fully saturated rings. The number of hydrogen-bond donors (Lipinski definition) is 1. The van der Waals surface area contributed by atoms with E-state index in [1.54, 1.807) is 7.05 Å². The number of nitrogens with one attached hydrogen (secondary N) is 1. The molecule has 0 spiro atoms. The molecule has 0 rings (SSSR count). The largest absolute Gasteiger partial charge is 0.309 e. The Bertz CT molecular complexity index is 82.5. The summed E-state index contributed by atoms with van der Waals surface area (Å²) in [4.78, 5) is 0. The molecule has 0 aliphatic carbocycles. The van der Waals surface area contributed by atoms with Crippen molar-refractivity contribution in [3.63, 3.8) is 0 Å². The van der Waals surface area contributed by atoms with Gasteiger partial charge in [-0.05, 0) is 7.05 Å². The first-order valence-electron chi connectivity index (χ1n) is 2.70. The van der Waals surface area contributed by atoms with E-state index >= 15 is 0 Å². The second kappa shape index (κ2) is 4.04. The first kappa shape index (κ1) is 8.11. The fourth-order valence-electron chi connectivity index (χ4n) is 0.309. The zero-order valence-electron chi connectivity index (χ0n) is 5.60. The third-order valence-corrected chi connectivity index (χ3v) is 2.44. The topological polar surface area (TPSA) is 29.1 Å². The summed E-state index contributed by atoms with van der Waals surface area (Å²) in [5.41, 5.74) is 0. The van der Waals surface area contributed by atoms with E-state index in [0.717, 1.165) is 0 Å². The summed E-state index contributed by atoms with van der Waals surface area (Å²) < 4.78 is 10.8. The van der Waals surface area contributed by atoms with E-state index in [1.807, 2.05) is 13.8 Å². The van der Waals surface area contributed by atoms with Crippen LogP contribution in [0, 0.1) is 0 Å². The van der Waals surface area contributed by atoms with Crippen molar-refractivity contribution < 1.29 is 4.21 Å². The summed E-state index contributed by atoms with van der Waals surface area (Å²) >= 11 is 0. The molecule has 8 heavy (non-hydrogen) atoms. The van der Waals surface area contributed by atoms with Gasteiger partial charge in [-0.15, -0.1) is 0 Å². The van der Waals surface area contributed by atoms with Gasteiger partial charge in [-0.3, -0.25) is 4.21 Å². The molecule has 0 heterocycles. The van der Waals surface area contributed by atoms with Crippen LogP contribution in [0.4, 0.5) is 0 Å². The number of hydrogen-bond acceptors (Lipinski definition) is 2. The molecule has 2 nitrogen and oxygen atoms in total. The third kappa shape index (κ3) is 3.16. The molecule has 0 saturated heterocycles. The Hall–Kier alpha value is 0.110. The molecule has 50 valence electrons. The smallest absolute Gasteiger partial charge is 0.0722 e. The summed E-state index contributed by atoms with van der Waals surface area (Å²) in [5, 5.41) is 3.13. The van der Waals surface area contributed by atoms with Crippen molar-refractivity contribution in [1.82, 2.24) is 5.32 Å². The Morgan fingerprint density at radius 2 is 2.12 bits per heavy atom. The van der Waals surface area contributed by atoms with Gasteiger partial charge in [0.1, 0.15) is 0 Å².